The molecule has 0 atom stereocenters. The van der Waals surface area contributed by atoms with E-state index < -0.39 is 0 Å². The highest BCUT2D eigenvalue weighted by Gasteiger charge is 2.18. The van der Waals surface area contributed by atoms with E-state index in [0.717, 1.165) is 19.3 Å². The van der Waals surface area contributed by atoms with Crippen molar-refractivity contribution in [2.24, 2.45) is 0 Å². The predicted octanol–water partition coefficient (Wildman–Crippen LogP) is 6.03. The lowest BCUT2D eigenvalue weighted by Gasteiger charge is -2.18. The molecule has 146 valence electrons. The second-order valence-corrected chi connectivity index (χ2v) is 7.83. The number of amides is 1. The van der Waals surface area contributed by atoms with Gasteiger partial charge in [-0.05, 0) is 59.2 Å². The zero-order valence-corrected chi connectivity index (χ0v) is 17.3. The van der Waals surface area contributed by atoms with Gasteiger partial charge in [0, 0.05) is 13.6 Å². The third kappa shape index (κ3) is 4.13. The Morgan fingerprint density at radius 1 is 0.897 bits per heavy atom. The standard InChI is InChI=1S/C26H24ClNO/c1-28(26(29)24-13-6-7-15-25(24)27)18-8-14-23-21-11-4-2-9-19(21)16-17-20-10-3-5-12-22(20)23/h2-7,9-15H,8,16-18H2,1H3. The first-order valence-electron chi connectivity index (χ1n) is 10.0. The highest BCUT2D eigenvalue weighted by atomic mass is 35.5. The van der Waals surface area contributed by atoms with Gasteiger partial charge in [0.25, 0.3) is 5.91 Å². The highest BCUT2D eigenvalue weighted by Crippen LogP contribution is 2.33. The molecule has 3 heteroatoms. The molecule has 4 rings (SSSR count). The molecule has 0 aromatic heterocycles. The lowest BCUT2D eigenvalue weighted by molar-refractivity contribution is 0.0797. The van der Waals surface area contributed by atoms with Gasteiger partial charge in [-0.3, -0.25) is 4.79 Å². The number of aryl methyl sites for hydroxylation is 2. The largest absolute Gasteiger partial charge is 0.341 e. The summed E-state index contributed by atoms with van der Waals surface area (Å²) in [6, 6.07) is 24.5. The maximum Gasteiger partial charge on any atom is 0.255 e. The minimum Gasteiger partial charge on any atom is -0.341 e. The molecule has 2 nitrogen and oxygen atoms in total. The molecule has 0 heterocycles. The summed E-state index contributed by atoms with van der Waals surface area (Å²) in [6.07, 6.45) is 5.16. The molecule has 3 aromatic carbocycles. The second kappa shape index (κ2) is 8.67. The number of fused-ring (bicyclic) bond motifs is 2. The van der Waals surface area contributed by atoms with Crippen molar-refractivity contribution in [3.63, 3.8) is 0 Å². The fraction of sp³-hybridized carbons (Fsp3) is 0.192. The van der Waals surface area contributed by atoms with E-state index in [-0.39, 0.29) is 5.91 Å². The Morgan fingerprint density at radius 2 is 1.45 bits per heavy atom. The lowest BCUT2D eigenvalue weighted by atomic mass is 9.93. The monoisotopic (exact) mass is 401 g/mol. The summed E-state index contributed by atoms with van der Waals surface area (Å²) in [4.78, 5) is 14.5. The highest BCUT2D eigenvalue weighted by molar-refractivity contribution is 6.33. The van der Waals surface area contributed by atoms with E-state index in [4.69, 9.17) is 11.6 Å². The molecule has 3 aromatic rings. The van der Waals surface area contributed by atoms with Crippen molar-refractivity contribution in [3.8, 4) is 0 Å². The minimum atomic E-state index is -0.0457. The van der Waals surface area contributed by atoms with Crippen molar-refractivity contribution in [2.45, 2.75) is 19.3 Å². The summed E-state index contributed by atoms with van der Waals surface area (Å²) in [5.41, 5.74) is 7.20. The molecule has 0 unspecified atom stereocenters. The molecule has 0 bridgehead atoms. The minimum absolute atomic E-state index is 0.0457. The average Bonchev–Trinajstić information content (AvgIpc) is 2.91. The normalized spacial score (nSPS) is 12.6. The van der Waals surface area contributed by atoms with Crippen LogP contribution in [0.1, 0.15) is 39.0 Å². The molecule has 29 heavy (non-hydrogen) atoms. The second-order valence-electron chi connectivity index (χ2n) is 7.43. The molecule has 0 N–H and O–H groups in total. The van der Waals surface area contributed by atoms with Crippen LogP contribution in [-0.4, -0.2) is 24.4 Å². The first kappa shape index (κ1) is 19.5. The smallest absolute Gasteiger partial charge is 0.255 e. The van der Waals surface area contributed by atoms with Crippen LogP contribution in [0.25, 0.3) is 5.57 Å². The van der Waals surface area contributed by atoms with Gasteiger partial charge in [-0.1, -0.05) is 78.3 Å². The fourth-order valence-electron chi connectivity index (χ4n) is 3.98. The maximum atomic E-state index is 12.7. The molecular weight excluding hydrogens is 378 g/mol. The molecule has 0 saturated carbocycles. The van der Waals surface area contributed by atoms with Crippen molar-refractivity contribution in [3.05, 3.63) is 112 Å². The average molecular weight is 402 g/mol. The number of rotatable bonds is 4. The van der Waals surface area contributed by atoms with Crippen molar-refractivity contribution < 1.29 is 4.79 Å². The van der Waals surface area contributed by atoms with E-state index in [0.29, 0.717) is 17.1 Å². The number of benzene rings is 3. The molecular formula is C26H24ClNO. The van der Waals surface area contributed by atoms with Crippen LogP contribution >= 0.6 is 11.6 Å². The summed E-state index contributed by atoms with van der Waals surface area (Å²) in [6.45, 7) is 0.637. The van der Waals surface area contributed by atoms with Crippen LogP contribution in [-0.2, 0) is 12.8 Å². The van der Waals surface area contributed by atoms with Crippen molar-refractivity contribution in [2.75, 3.05) is 13.6 Å². The van der Waals surface area contributed by atoms with E-state index in [1.165, 1.54) is 27.8 Å². The van der Waals surface area contributed by atoms with E-state index >= 15 is 0 Å². The molecule has 0 fully saturated rings. The molecule has 0 radical (unpaired) electrons. The van der Waals surface area contributed by atoms with Crippen LogP contribution in [0.3, 0.4) is 0 Å². The quantitative estimate of drug-likeness (QED) is 0.522. The first-order valence-corrected chi connectivity index (χ1v) is 10.4. The van der Waals surface area contributed by atoms with Gasteiger partial charge in [0.1, 0.15) is 0 Å². The van der Waals surface area contributed by atoms with Gasteiger partial charge in [0.05, 0.1) is 10.6 Å². The zero-order chi connectivity index (χ0) is 20.2. The Bertz CT molecular complexity index is 1020. The van der Waals surface area contributed by atoms with E-state index in [2.05, 4.69) is 54.6 Å². The Labute approximate surface area is 177 Å². The van der Waals surface area contributed by atoms with Crippen LogP contribution in [0.5, 0.6) is 0 Å². The summed E-state index contributed by atoms with van der Waals surface area (Å²) >= 11 is 6.19. The van der Waals surface area contributed by atoms with Gasteiger partial charge >= 0.3 is 0 Å². The van der Waals surface area contributed by atoms with Crippen LogP contribution in [0, 0.1) is 0 Å². The predicted molar refractivity (Wildman–Crippen MR) is 120 cm³/mol. The SMILES string of the molecule is CN(CCC=C1c2ccccc2CCc2ccccc21)C(=O)c1ccccc1Cl. The summed E-state index contributed by atoms with van der Waals surface area (Å²) in [5.74, 6) is -0.0457. The first-order chi connectivity index (χ1) is 14.1. The lowest BCUT2D eigenvalue weighted by Crippen LogP contribution is -2.27. The van der Waals surface area contributed by atoms with Crippen molar-refractivity contribution >= 4 is 23.1 Å². The Hall–Kier alpha value is -2.84. The number of hydrogen-bond acceptors (Lipinski definition) is 1. The van der Waals surface area contributed by atoms with Crippen LogP contribution < -0.4 is 0 Å². The Morgan fingerprint density at radius 3 is 2.07 bits per heavy atom. The molecule has 0 saturated heterocycles. The van der Waals surface area contributed by atoms with Crippen LogP contribution in [0.15, 0.2) is 78.9 Å². The maximum absolute atomic E-state index is 12.7. The third-order valence-electron chi connectivity index (χ3n) is 5.54. The Balaban J connectivity index is 1.58. The van der Waals surface area contributed by atoms with Gasteiger partial charge in [-0.25, -0.2) is 0 Å². The summed E-state index contributed by atoms with van der Waals surface area (Å²) in [7, 11) is 1.83. The zero-order valence-electron chi connectivity index (χ0n) is 16.6. The van der Waals surface area contributed by atoms with Gasteiger partial charge in [0.2, 0.25) is 0 Å². The molecule has 1 aliphatic rings. The van der Waals surface area contributed by atoms with Crippen LogP contribution in [0.4, 0.5) is 0 Å². The fourth-order valence-corrected chi connectivity index (χ4v) is 4.20. The van der Waals surface area contributed by atoms with Gasteiger partial charge in [-0.2, -0.15) is 0 Å². The topological polar surface area (TPSA) is 20.3 Å². The number of halogens is 1. The van der Waals surface area contributed by atoms with Gasteiger partial charge in [-0.15, -0.1) is 0 Å². The van der Waals surface area contributed by atoms with Crippen molar-refractivity contribution in [1.82, 2.24) is 4.90 Å². The Kier molecular flexibility index (Phi) is 5.82. The summed E-state index contributed by atoms with van der Waals surface area (Å²) < 4.78 is 0. The van der Waals surface area contributed by atoms with E-state index in [1.807, 2.05) is 19.2 Å². The van der Waals surface area contributed by atoms with E-state index in [1.54, 1.807) is 17.0 Å². The number of carbonyl (C=O) groups excluding carboxylic acids is 1. The molecule has 0 spiro atoms. The van der Waals surface area contributed by atoms with Crippen molar-refractivity contribution in [1.29, 1.82) is 0 Å². The number of carbonyl (C=O) groups is 1. The van der Waals surface area contributed by atoms with Gasteiger partial charge in [0.15, 0.2) is 0 Å². The van der Waals surface area contributed by atoms with Crippen LogP contribution in [0.2, 0.25) is 5.02 Å². The molecule has 1 amide bonds. The molecule has 0 aliphatic heterocycles. The molecule has 1 aliphatic carbocycles. The third-order valence-corrected chi connectivity index (χ3v) is 5.87. The van der Waals surface area contributed by atoms with Gasteiger partial charge < -0.3 is 4.90 Å². The van der Waals surface area contributed by atoms with E-state index in [9.17, 15) is 4.79 Å². The number of hydrogen-bond donors (Lipinski definition) is 0. The summed E-state index contributed by atoms with van der Waals surface area (Å²) in [5, 5.41) is 0.495. The number of nitrogens with zero attached hydrogens (tertiary/aromatic N) is 1.